The van der Waals surface area contributed by atoms with E-state index >= 15 is 0 Å². The van der Waals surface area contributed by atoms with Crippen LogP contribution in [0.4, 0.5) is 5.69 Å². The first-order chi connectivity index (χ1) is 9.95. The Hall–Kier alpha value is -1.49. The van der Waals surface area contributed by atoms with E-state index in [1.54, 1.807) is 4.90 Å². The summed E-state index contributed by atoms with van der Waals surface area (Å²) in [5.74, 6) is 0.719. The third kappa shape index (κ3) is 5.79. The third-order valence-electron chi connectivity index (χ3n) is 3.01. The van der Waals surface area contributed by atoms with Gasteiger partial charge in [-0.25, -0.2) is 0 Å². The number of amides is 1. The van der Waals surface area contributed by atoms with Gasteiger partial charge in [-0.3, -0.25) is 9.59 Å². The van der Waals surface area contributed by atoms with Gasteiger partial charge >= 0.3 is 5.97 Å². The van der Waals surface area contributed by atoms with Crippen LogP contribution in [0, 0.1) is 6.92 Å². The fraction of sp³-hybridized carbons (Fsp3) is 0.500. The van der Waals surface area contributed by atoms with E-state index in [1.165, 1.54) is 24.4 Å². The van der Waals surface area contributed by atoms with Crippen LogP contribution in [0.5, 0.6) is 0 Å². The van der Waals surface area contributed by atoms with Gasteiger partial charge in [0.05, 0.1) is 12.9 Å². The summed E-state index contributed by atoms with van der Waals surface area (Å²) in [6.07, 6.45) is 0.410. The van der Waals surface area contributed by atoms with E-state index in [1.807, 2.05) is 45.0 Å². The summed E-state index contributed by atoms with van der Waals surface area (Å²) >= 11 is 1.42. The summed E-state index contributed by atoms with van der Waals surface area (Å²) in [5.41, 5.74) is 2.09. The molecule has 0 heterocycles. The number of hydrogen-bond acceptors (Lipinski definition) is 4. The Labute approximate surface area is 130 Å². The topological polar surface area (TPSA) is 46.6 Å². The fourth-order valence-electron chi connectivity index (χ4n) is 1.93. The Morgan fingerprint density at radius 1 is 1.24 bits per heavy atom. The van der Waals surface area contributed by atoms with Crippen LogP contribution in [0.1, 0.15) is 25.8 Å². The molecule has 0 aliphatic carbocycles. The molecule has 0 aromatic heterocycles. The van der Waals surface area contributed by atoms with Crippen molar-refractivity contribution < 1.29 is 14.3 Å². The predicted molar refractivity (Wildman–Crippen MR) is 87.8 cm³/mol. The van der Waals surface area contributed by atoms with Crippen molar-refractivity contribution in [1.82, 2.24) is 0 Å². The molecule has 0 saturated carbocycles. The minimum absolute atomic E-state index is 0.0752. The lowest BCUT2D eigenvalue weighted by Gasteiger charge is -2.27. The number of methoxy groups -OCH3 is 1. The molecule has 0 bridgehead atoms. The number of benzene rings is 1. The standard InChI is InChI=1S/C16H23NO3S/c1-12(2)17(14-7-5-13(3)6-8-14)15(18)9-10-21-11-16(19)20-4/h5-8,12H,9-11H2,1-4H3. The van der Waals surface area contributed by atoms with Gasteiger partial charge in [-0.15, -0.1) is 11.8 Å². The van der Waals surface area contributed by atoms with Gasteiger partial charge in [0.2, 0.25) is 5.91 Å². The van der Waals surface area contributed by atoms with E-state index in [0.717, 1.165) is 5.69 Å². The second kappa shape index (κ2) is 8.72. The Kier molecular flexibility index (Phi) is 7.29. The van der Waals surface area contributed by atoms with Crippen LogP contribution in [0.3, 0.4) is 0 Å². The molecular formula is C16H23NO3S. The average Bonchev–Trinajstić information content (AvgIpc) is 2.45. The normalized spacial score (nSPS) is 10.5. The quantitative estimate of drug-likeness (QED) is 0.574. The molecule has 116 valence electrons. The summed E-state index contributed by atoms with van der Waals surface area (Å²) < 4.78 is 4.57. The van der Waals surface area contributed by atoms with Gasteiger partial charge in [0.1, 0.15) is 0 Å². The van der Waals surface area contributed by atoms with Crippen LogP contribution >= 0.6 is 11.8 Å². The third-order valence-corrected chi connectivity index (χ3v) is 3.94. The number of rotatable bonds is 7. The van der Waals surface area contributed by atoms with E-state index in [0.29, 0.717) is 12.2 Å². The summed E-state index contributed by atoms with van der Waals surface area (Å²) in [4.78, 5) is 25.2. The van der Waals surface area contributed by atoms with Gasteiger partial charge in [0.25, 0.3) is 0 Å². The molecule has 1 aromatic rings. The Balaban J connectivity index is 2.58. The molecule has 1 aromatic carbocycles. The first-order valence-corrected chi connectivity index (χ1v) is 8.14. The minimum atomic E-state index is -0.258. The van der Waals surface area contributed by atoms with Crippen molar-refractivity contribution in [2.45, 2.75) is 33.2 Å². The van der Waals surface area contributed by atoms with E-state index in [2.05, 4.69) is 4.74 Å². The molecule has 21 heavy (non-hydrogen) atoms. The van der Waals surface area contributed by atoms with Crippen LogP contribution in [-0.4, -0.2) is 36.5 Å². The highest BCUT2D eigenvalue weighted by molar-refractivity contribution is 7.99. The Morgan fingerprint density at radius 3 is 2.38 bits per heavy atom. The number of aryl methyl sites for hydroxylation is 1. The van der Waals surface area contributed by atoms with Crippen molar-refractivity contribution >= 4 is 29.3 Å². The average molecular weight is 309 g/mol. The van der Waals surface area contributed by atoms with Crippen LogP contribution in [-0.2, 0) is 14.3 Å². The second-order valence-electron chi connectivity index (χ2n) is 5.07. The molecule has 1 rings (SSSR count). The zero-order chi connectivity index (χ0) is 15.8. The summed E-state index contributed by atoms with van der Waals surface area (Å²) in [6, 6.07) is 8.04. The first kappa shape index (κ1) is 17.6. The predicted octanol–water partition coefficient (Wildman–Crippen LogP) is 3.03. The fourth-order valence-corrected chi connectivity index (χ4v) is 2.68. The van der Waals surface area contributed by atoms with Gasteiger partial charge in [0, 0.05) is 23.9 Å². The lowest BCUT2D eigenvalue weighted by molar-refractivity contribution is -0.137. The highest BCUT2D eigenvalue weighted by Crippen LogP contribution is 2.19. The molecular weight excluding hydrogens is 286 g/mol. The van der Waals surface area contributed by atoms with Gasteiger partial charge in [-0.1, -0.05) is 17.7 Å². The maximum atomic E-state index is 12.4. The highest BCUT2D eigenvalue weighted by atomic mass is 32.2. The lowest BCUT2D eigenvalue weighted by Crippen LogP contribution is -2.37. The van der Waals surface area contributed by atoms with Crippen LogP contribution in [0.15, 0.2) is 24.3 Å². The lowest BCUT2D eigenvalue weighted by atomic mass is 10.2. The smallest absolute Gasteiger partial charge is 0.315 e. The molecule has 0 spiro atoms. The van der Waals surface area contributed by atoms with Crippen LogP contribution in [0.2, 0.25) is 0 Å². The van der Waals surface area contributed by atoms with Gasteiger partial charge in [0.15, 0.2) is 0 Å². The number of anilines is 1. The number of carbonyl (C=O) groups excluding carboxylic acids is 2. The highest BCUT2D eigenvalue weighted by Gasteiger charge is 2.18. The van der Waals surface area contributed by atoms with Crippen LogP contribution in [0.25, 0.3) is 0 Å². The van der Waals surface area contributed by atoms with E-state index < -0.39 is 0 Å². The Bertz CT molecular complexity index is 471. The molecule has 1 amide bonds. The molecule has 5 heteroatoms. The molecule has 0 aliphatic rings. The van der Waals surface area contributed by atoms with Gasteiger partial charge < -0.3 is 9.64 Å². The van der Waals surface area contributed by atoms with Crippen molar-refractivity contribution in [3.8, 4) is 0 Å². The molecule has 0 N–H and O–H groups in total. The van der Waals surface area contributed by atoms with Gasteiger partial charge in [-0.05, 0) is 32.9 Å². The maximum absolute atomic E-state index is 12.4. The van der Waals surface area contributed by atoms with Crippen molar-refractivity contribution in [1.29, 1.82) is 0 Å². The van der Waals surface area contributed by atoms with Crippen molar-refractivity contribution in [3.63, 3.8) is 0 Å². The number of esters is 1. The summed E-state index contributed by atoms with van der Waals surface area (Å²) in [6.45, 7) is 6.02. The maximum Gasteiger partial charge on any atom is 0.315 e. The largest absolute Gasteiger partial charge is 0.468 e. The van der Waals surface area contributed by atoms with Gasteiger partial charge in [-0.2, -0.15) is 0 Å². The zero-order valence-electron chi connectivity index (χ0n) is 13.1. The minimum Gasteiger partial charge on any atom is -0.468 e. The molecule has 4 nitrogen and oxygen atoms in total. The van der Waals surface area contributed by atoms with Crippen LogP contribution < -0.4 is 4.90 Å². The zero-order valence-corrected chi connectivity index (χ0v) is 13.9. The Morgan fingerprint density at radius 2 is 1.86 bits per heavy atom. The number of hydrogen-bond donors (Lipinski definition) is 0. The van der Waals surface area contributed by atoms with Crippen molar-refractivity contribution in [2.75, 3.05) is 23.5 Å². The first-order valence-electron chi connectivity index (χ1n) is 6.99. The molecule has 0 saturated heterocycles. The molecule has 0 fully saturated rings. The monoisotopic (exact) mass is 309 g/mol. The summed E-state index contributed by atoms with van der Waals surface area (Å²) in [5, 5.41) is 0. The number of ether oxygens (including phenoxy) is 1. The molecule has 0 unspecified atom stereocenters. The second-order valence-corrected chi connectivity index (χ2v) is 6.18. The number of nitrogens with zero attached hydrogens (tertiary/aromatic N) is 1. The SMILES string of the molecule is COC(=O)CSCCC(=O)N(c1ccc(C)cc1)C(C)C. The number of thioether (sulfide) groups is 1. The molecule has 0 radical (unpaired) electrons. The molecule has 0 atom stereocenters. The van der Waals surface area contributed by atoms with E-state index in [9.17, 15) is 9.59 Å². The number of carbonyl (C=O) groups is 2. The van der Waals surface area contributed by atoms with E-state index in [4.69, 9.17) is 0 Å². The van der Waals surface area contributed by atoms with Crippen molar-refractivity contribution in [3.05, 3.63) is 29.8 Å². The summed E-state index contributed by atoms with van der Waals surface area (Å²) in [7, 11) is 1.37. The van der Waals surface area contributed by atoms with E-state index in [-0.39, 0.29) is 23.7 Å². The molecule has 0 aliphatic heterocycles. The van der Waals surface area contributed by atoms with Crippen molar-refractivity contribution in [2.24, 2.45) is 0 Å².